The van der Waals surface area contributed by atoms with Gasteiger partial charge in [-0.25, -0.2) is 44.9 Å². The van der Waals surface area contributed by atoms with Crippen molar-refractivity contribution in [1.82, 2.24) is 44.9 Å². The van der Waals surface area contributed by atoms with E-state index in [-0.39, 0.29) is 21.7 Å². The van der Waals surface area contributed by atoms with Crippen molar-refractivity contribution in [2.45, 2.75) is 90.9 Å². The van der Waals surface area contributed by atoms with Gasteiger partial charge in [-0.3, -0.25) is 0 Å². The lowest BCUT2D eigenvalue weighted by Crippen LogP contribution is -2.36. The molecule has 6 aromatic heterocycles. The number of nitrogens with zero attached hydrogens (tertiary/aromatic N) is 9. The first-order chi connectivity index (χ1) is 67.6. The van der Waals surface area contributed by atoms with Crippen molar-refractivity contribution in [2.24, 2.45) is 5.41 Å². The van der Waals surface area contributed by atoms with Crippen LogP contribution in [0.3, 0.4) is 0 Å². The van der Waals surface area contributed by atoms with Gasteiger partial charge in [0, 0.05) is 98.6 Å². The highest BCUT2D eigenvalue weighted by Crippen LogP contribution is 2.62. The van der Waals surface area contributed by atoms with Gasteiger partial charge in [-0.15, -0.1) is 0 Å². The summed E-state index contributed by atoms with van der Waals surface area (Å²) >= 11 is 0. The zero-order valence-electron chi connectivity index (χ0n) is 77.9. The molecular formula is C126H95N9O3. The van der Waals surface area contributed by atoms with E-state index >= 15 is 0 Å². The quantitative estimate of drug-likeness (QED) is 0.102. The summed E-state index contributed by atoms with van der Waals surface area (Å²) in [6, 6.07) is 137. The average Bonchev–Trinajstić information content (AvgIpc) is 1.51. The summed E-state index contributed by atoms with van der Waals surface area (Å²) in [4.78, 5) is 44.8. The fraction of sp³-hybridized carbons (Fsp3) is 0.119. The van der Waals surface area contributed by atoms with E-state index in [2.05, 4.69) is 268 Å². The van der Waals surface area contributed by atoms with Crippen molar-refractivity contribution < 1.29 is 13.3 Å². The number of aromatic nitrogens is 9. The number of furan rings is 3. The summed E-state index contributed by atoms with van der Waals surface area (Å²) in [7, 11) is 0. The van der Waals surface area contributed by atoms with Crippen LogP contribution in [0.1, 0.15) is 108 Å². The SMILES string of the molecule is CC(C)(C)C1(C)c2cc3oc4ccccc4c3cc2-c2c(-c3ccc(-c4nc(-c5ccccc5)nc(-c5ccccc5)n4)cc3)cccc21.CCC1(C)c2cc3oc4ccccc4c3cc2-c2cccc(-c3cccc(-c4nc(-c5ccccc5)nc(-c5ccccc5)n4)c3)c21.CCC1(CC)c2cc3oc4ccccc4c3cc2-c2c(-c3nc(-c4ccccc4)nc(-c4ccccc4)n3)cccc21. The maximum atomic E-state index is 6.41. The zero-order valence-corrected chi connectivity index (χ0v) is 77.9. The molecule has 2 unspecified atom stereocenters. The molecule has 2 atom stereocenters. The summed E-state index contributed by atoms with van der Waals surface area (Å²) in [5.74, 6) is 5.96. The standard InChI is InChI=1S/C45H35N3O.C43H31N3O.C38H29N3O/c1-44(2,3)45(4)36-20-13-19-32(40(36)35-26-34-33-18-11-12-21-38(33)49-39(34)27-37(35)45)28-22-24-31(25-23-28)43-47-41(29-14-7-5-8-15-29)46-42(48-43)30-16-9-6-10-17-30;1-3-43(2)36-26-38-35(32-20-10-11-23-37(32)47-38)25-34(36)33-22-13-21-31(39(33)43)29-18-12-19-30(24-29)42-45-40(27-14-6-4-7-15-27)44-41(46-42)28-16-8-5-9-17-28;1-3-38(4-2)30-20-13-19-27(34(30)29-22-28-26-18-11-12-21-32(26)42-33(28)23-31(29)38)37-40-35(24-14-7-5-8-15-24)39-36(41-37)25-16-9-6-10-17-25/h5-27H,1-4H3;4-26H,3H2,1-2H3;5-23H,3-4H2,1-2H3. The highest BCUT2D eigenvalue weighted by atomic mass is 16.3. The third kappa shape index (κ3) is 14.0. The van der Waals surface area contributed by atoms with Crippen LogP contribution in [0.2, 0.25) is 0 Å². The molecule has 0 radical (unpaired) electrons. The Hall–Kier alpha value is -16.8. The van der Waals surface area contributed by atoms with Crippen LogP contribution < -0.4 is 0 Å². The molecule has 23 aromatic rings. The molecule has 0 bridgehead atoms. The van der Waals surface area contributed by atoms with Crippen LogP contribution in [0.15, 0.2) is 408 Å². The van der Waals surface area contributed by atoms with Gasteiger partial charge in [-0.05, 0) is 174 Å². The average molecular weight is 1780 g/mol. The Kier molecular flexibility index (Phi) is 20.5. The van der Waals surface area contributed by atoms with Crippen LogP contribution in [0.25, 0.3) is 224 Å². The molecular weight excluding hydrogens is 1690 g/mol. The minimum atomic E-state index is -0.215. The molecule has 0 aliphatic heterocycles. The third-order valence-corrected chi connectivity index (χ3v) is 29.5. The van der Waals surface area contributed by atoms with Gasteiger partial charge in [0.1, 0.15) is 33.5 Å². The van der Waals surface area contributed by atoms with Crippen LogP contribution in [0.5, 0.6) is 0 Å². The first-order valence-electron chi connectivity index (χ1n) is 47.7. The number of hydrogen-bond acceptors (Lipinski definition) is 12. The van der Waals surface area contributed by atoms with Crippen LogP contribution in [-0.2, 0) is 16.2 Å². The van der Waals surface area contributed by atoms with Crippen molar-refractivity contribution in [1.29, 1.82) is 0 Å². The smallest absolute Gasteiger partial charge is 0.164 e. The number of rotatable bonds is 14. The molecule has 12 nitrogen and oxygen atoms in total. The Bertz CT molecular complexity index is 8530. The number of para-hydroxylation sites is 3. The van der Waals surface area contributed by atoms with Crippen molar-refractivity contribution in [3.8, 4) is 158 Å². The van der Waals surface area contributed by atoms with Gasteiger partial charge < -0.3 is 13.3 Å². The highest BCUT2D eigenvalue weighted by molar-refractivity contribution is 6.12. The summed E-state index contributed by atoms with van der Waals surface area (Å²) in [5, 5.41) is 6.90. The molecule has 3 aliphatic carbocycles. The van der Waals surface area contributed by atoms with E-state index in [1.54, 1.807) is 0 Å². The Morgan fingerprint density at radius 1 is 0.210 bits per heavy atom. The van der Waals surface area contributed by atoms with E-state index in [4.69, 9.17) is 58.1 Å². The zero-order chi connectivity index (χ0) is 93.1. The summed E-state index contributed by atoms with van der Waals surface area (Å²) in [6.45, 7) is 18.7. The molecule has 0 spiro atoms. The summed E-state index contributed by atoms with van der Waals surface area (Å²) < 4.78 is 19.1. The van der Waals surface area contributed by atoms with Crippen LogP contribution in [-0.4, -0.2) is 44.9 Å². The van der Waals surface area contributed by atoms with Gasteiger partial charge >= 0.3 is 0 Å². The molecule has 26 rings (SSSR count). The molecule has 0 amide bonds. The van der Waals surface area contributed by atoms with Gasteiger partial charge in [0.2, 0.25) is 0 Å². The lowest BCUT2D eigenvalue weighted by molar-refractivity contribution is 0.255. The van der Waals surface area contributed by atoms with Gasteiger partial charge in [-0.2, -0.15) is 0 Å². The normalized spacial score (nSPS) is 14.7. The van der Waals surface area contributed by atoms with E-state index in [0.717, 1.165) is 146 Å². The van der Waals surface area contributed by atoms with E-state index in [0.29, 0.717) is 52.4 Å². The monoisotopic (exact) mass is 1780 g/mol. The second-order valence-corrected chi connectivity index (χ2v) is 37.8. The summed E-state index contributed by atoms with van der Waals surface area (Å²) in [6.07, 6.45) is 2.94. The first kappa shape index (κ1) is 84.2. The highest BCUT2D eigenvalue weighted by Gasteiger charge is 2.50. The Morgan fingerprint density at radius 2 is 0.522 bits per heavy atom. The fourth-order valence-electron chi connectivity index (χ4n) is 21.8. The largest absolute Gasteiger partial charge is 0.456 e. The van der Waals surface area contributed by atoms with Crippen LogP contribution in [0.4, 0.5) is 0 Å². The minimum Gasteiger partial charge on any atom is -0.456 e. The molecule has 138 heavy (non-hydrogen) atoms. The molecule has 0 saturated carbocycles. The maximum absolute atomic E-state index is 6.41. The van der Waals surface area contributed by atoms with Crippen molar-refractivity contribution in [3.63, 3.8) is 0 Å². The maximum Gasteiger partial charge on any atom is 0.164 e. The van der Waals surface area contributed by atoms with E-state index in [1.165, 1.54) is 77.9 Å². The number of fused-ring (bicyclic) bond motifs is 18. The van der Waals surface area contributed by atoms with E-state index in [1.807, 2.05) is 182 Å². The van der Waals surface area contributed by atoms with Crippen molar-refractivity contribution in [3.05, 3.63) is 428 Å². The second kappa shape index (κ2) is 33.7. The lowest BCUT2D eigenvalue weighted by Gasteiger charge is -2.41. The fourth-order valence-corrected chi connectivity index (χ4v) is 21.8. The molecule has 0 fully saturated rings. The van der Waals surface area contributed by atoms with Gasteiger partial charge in [-0.1, -0.05) is 389 Å². The predicted octanol–water partition coefficient (Wildman–Crippen LogP) is 32.8. The van der Waals surface area contributed by atoms with Crippen LogP contribution >= 0.6 is 0 Å². The van der Waals surface area contributed by atoms with E-state index in [9.17, 15) is 0 Å². The topological polar surface area (TPSA) is 155 Å². The van der Waals surface area contributed by atoms with Gasteiger partial charge in [0.05, 0.1) is 0 Å². The van der Waals surface area contributed by atoms with Gasteiger partial charge in [0.15, 0.2) is 52.4 Å². The third-order valence-electron chi connectivity index (χ3n) is 29.5. The molecule has 3 aliphatic rings. The van der Waals surface area contributed by atoms with Crippen LogP contribution in [0, 0.1) is 5.41 Å². The predicted molar refractivity (Wildman–Crippen MR) is 561 cm³/mol. The van der Waals surface area contributed by atoms with Crippen molar-refractivity contribution in [2.75, 3.05) is 0 Å². The molecule has 12 heteroatoms. The molecule has 6 heterocycles. The number of benzene rings is 17. The molecule has 0 N–H and O–H groups in total. The van der Waals surface area contributed by atoms with Gasteiger partial charge in [0.25, 0.3) is 0 Å². The Balaban J connectivity index is 0.000000113. The molecule has 17 aromatic carbocycles. The first-order valence-corrected chi connectivity index (χ1v) is 47.7. The van der Waals surface area contributed by atoms with E-state index < -0.39 is 0 Å². The Labute approximate surface area is 800 Å². The summed E-state index contributed by atoms with van der Waals surface area (Å²) in [5.41, 5.74) is 34.1. The number of hydrogen-bond donors (Lipinski definition) is 0. The molecule has 662 valence electrons. The second-order valence-electron chi connectivity index (χ2n) is 37.8. The van der Waals surface area contributed by atoms with Crippen molar-refractivity contribution >= 4 is 65.8 Å². The minimum absolute atomic E-state index is 0.0409. The molecule has 0 saturated heterocycles. The Morgan fingerprint density at radius 3 is 0.949 bits per heavy atom. The lowest BCUT2D eigenvalue weighted by atomic mass is 9.62.